The summed E-state index contributed by atoms with van der Waals surface area (Å²) in [6.07, 6.45) is 7.49. The van der Waals surface area contributed by atoms with E-state index >= 15 is 0 Å². The first kappa shape index (κ1) is 13.2. The van der Waals surface area contributed by atoms with Crippen LogP contribution in [0.1, 0.15) is 25.3 Å². The van der Waals surface area contributed by atoms with Gasteiger partial charge in [0.05, 0.1) is 0 Å². The van der Waals surface area contributed by atoms with Crippen LogP contribution >= 0.6 is 0 Å². The minimum absolute atomic E-state index is 0.455. The summed E-state index contributed by atoms with van der Waals surface area (Å²) >= 11 is 0. The van der Waals surface area contributed by atoms with Crippen molar-refractivity contribution in [2.45, 2.75) is 31.3 Å². The topological polar surface area (TPSA) is 80.8 Å². The first-order valence-corrected chi connectivity index (χ1v) is 8.13. The lowest BCUT2D eigenvalue weighted by atomic mass is 9.83. The second-order valence-corrected chi connectivity index (χ2v) is 6.45. The van der Waals surface area contributed by atoms with Crippen LogP contribution in [0.4, 0.5) is 0 Å². The third-order valence-electron chi connectivity index (χ3n) is 5.21. The lowest BCUT2D eigenvalue weighted by molar-refractivity contribution is 0.256. The zero-order valence-corrected chi connectivity index (χ0v) is 12.6. The highest BCUT2D eigenvalue weighted by atomic mass is 16.6. The summed E-state index contributed by atoms with van der Waals surface area (Å²) in [4.78, 5) is 4.59. The summed E-state index contributed by atoms with van der Waals surface area (Å²) in [5, 5.41) is 7.99. The molecule has 1 aliphatic carbocycles. The van der Waals surface area contributed by atoms with Gasteiger partial charge < -0.3 is 4.57 Å². The third-order valence-corrected chi connectivity index (χ3v) is 5.21. The molecule has 1 saturated heterocycles. The molecular weight excluding hydrogens is 292 g/mol. The number of aromatic nitrogens is 4. The van der Waals surface area contributed by atoms with Crippen LogP contribution in [0.3, 0.4) is 0 Å². The Kier molecular flexibility index (Phi) is 2.95. The number of hydrogen-bond acceptors (Lipinski definition) is 6. The molecule has 7 heteroatoms. The SMILES string of the molecule is c1cc(-c2nccn2C2CCC3CNNC3C2)c2nonc2c1. The maximum atomic E-state index is 4.89. The van der Waals surface area contributed by atoms with Crippen molar-refractivity contribution < 1.29 is 4.63 Å². The van der Waals surface area contributed by atoms with E-state index in [0.29, 0.717) is 12.1 Å². The second-order valence-electron chi connectivity index (χ2n) is 6.45. The lowest BCUT2D eigenvalue weighted by Gasteiger charge is -2.32. The molecule has 2 N–H and O–H groups in total. The van der Waals surface area contributed by atoms with Gasteiger partial charge in [-0.1, -0.05) is 6.07 Å². The average molecular weight is 310 g/mol. The predicted octanol–water partition coefficient (Wildman–Crippen LogP) is 1.90. The Hall–Kier alpha value is -2.25. The van der Waals surface area contributed by atoms with E-state index in [1.807, 2.05) is 24.4 Å². The molecule has 1 saturated carbocycles. The van der Waals surface area contributed by atoms with Gasteiger partial charge in [-0.3, -0.25) is 10.9 Å². The van der Waals surface area contributed by atoms with Crippen LogP contribution in [-0.4, -0.2) is 32.5 Å². The van der Waals surface area contributed by atoms with Crippen molar-refractivity contribution in [2.75, 3.05) is 6.54 Å². The van der Waals surface area contributed by atoms with Gasteiger partial charge in [0.1, 0.15) is 16.9 Å². The van der Waals surface area contributed by atoms with Crippen molar-refractivity contribution in [3.63, 3.8) is 0 Å². The predicted molar refractivity (Wildman–Crippen MR) is 84.3 cm³/mol. The Balaban J connectivity index is 1.54. The summed E-state index contributed by atoms with van der Waals surface area (Å²) < 4.78 is 7.18. The molecule has 118 valence electrons. The van der Waals surface area contributed by atoms with Gasteiger partial charge in [0.25, 0.3) is 0 Å². The molecule has 3 atom stereocenters. The van der Waals surface area contributed by atoms with E-state index in [2.05, 4.69) is 36.9 Å². The van der Waals surface area contributed by atoms with Crippen LogP contribution in [0.2, 0.25) is 0 Å². The van der Waals surface area contributed by atoms with Gasteiger partial charge in [-0.2, -0.15) is 0 Å². The van der Waals surface area contributed by atoms with Gasteiger partial charge >= 0.3 is 0 Å². The van der Waals surface area contributed by atoms with Gasteiger partial charge in [0.2, 0.25) is 0 Å². The minimum atomic E-state index is 0.455. The number of hydrazine groups is 1. The molecule has 0 amide bonds. The van der Waals surface area contributed by atoms with Crippen LogP contribution in [-0.2, 0) is 0 Å². The molecular formula is C16H18N6O. The summed E-state index contributed by atoms with van der Waals surface area (Å²) in [7, 11) is 0. The largest absolute Gasteiger partial charge is 0.328 e. The zero-order chi connectivity index (χ0) is 15.2. The fraction of sp³-hybridized carbons (Fsp3) is 0.438. The molecule has 2 fully saturated rings. The lowest BCUT2D eigenvalue weighted by Crippen LogP contribution is -2.36. The Labute approximate surface area is 133 Å². The van der Waals surface area contributed by atoms with E-state index in [1.165, 1.54) is 12.8 Å². The normalized spacial score (nSPS) is 27.4. The van der Waals surface area contributed by atoms with Crippen LogP contribution in [0, 0.1) is 5.92 Å². The van der Waals surface area contributed by atoms with Crippen molar-refractivity contribution in [3.05, 3.63) is 30.6 Å². The van der Waals surface area contributed by atoms with Gasteiger partial charge in [-0.25, -0.2) is 9.61 Å². The number of nitrogens with zero attached hydrogens (tertiary/aromatic N) is 4. The maximum Gasteiger partial charge on any atom is 0.146 e. The van der Waals surface area contributed by atoms with Gasteiger partial charge in [0, 0.05) is 36.6 Å². The van der Waals surface area contributed by atoms with Crippen molar-refractivity contribution in [3.8, 4) is 11.4 Å². The van der Waals surface area contributed by atoms with Gasteiger partial charge in [-0.15, -0.1) is 0 Å². The van der Waals surface area contributed by atoms with E-state index in [9.17, 15) is 0 Å². The number of imidazole rings is 1. The van der Waals surface area contributed by atoms with E-state index in [-0.39, 0.29) is 0 Å². The first-order valence-electron chi connectivity index (χ1n) is 8.13. The van der Waals surface area contributed by atoms with Crippen molar-refractivity contribution in [1.82, 2.24) is 30.7 Å². The van der Waals surface area contributed by atoms with Crippen molar-refractivity contribution in [1.29, 1.82) is 0 Å². The third kappa shape index (κ3) is 2.08. The number of fused-ring (bicyclic) bond motifs is 2. The molecule has 0 radical (unpaired) electrons. The summed E-state index contributed by atoms with van der Waals surface area (Å²) in [6.45, 7) is 1.08. The molecule has 3 heterocycles. The molecule has 7 nitrogen and oxygen atoms in total. The fourth-order valence-corrected chi connectivity index (χ4v) is 4.01. The van der Waals surface area contributed by atoms with Crippen LogP contribution in [0.5, 0.6) is 0 Å². The Bertz CT molecular complexity index is 840. The Morgan fingerprint density at radius 1 is 1.22 bits per heavy atom. The highest BCUT2D eigenvalue weighted by Crippen LogP contribution is 2.36. The van der Waals surface area contributed by atoms with E-state index < -0.39 is 0 Å². The van der Waals surface area contributed by atoms with Gasteiger partial charge in [0.15, 0.2) is 0 Å². The monoisotopic (exact) mass is 310 g/mol. The first-order chi connectivity index (χ1) is 11.4. The van der Waals surface area contributed by atoms with Crippen molar-refractivity contribution >= 4 is 11.0 Å². The summed E-state index contributed by atoms with van der Waals surface area (Å²) in [5.41, 5.74) is 9.22. The highest BCUT2D eigenvalue weighted by molar-refractivity contribution is 5.88. The maximum absolute atomic E-state index is 4.89. The van der Waals surface area contributed by atoms with Gasteiger partial charge in [-0.05, 0) is 47.6 Å². The molecule has 1 aliphatic heterocycles. The summed E-state index contributed by atoms with van der Waals surface area (Å²) in [6, 6.07) is 6.92. The minimum Gasteiger partial charge on any atom is -0.328 e. The molecule has 1 aromatic carbocycles. The molecule has 23 heavy (non-hydrogen) atoms. The highest BCUT2D eigenvalue weighted by Gasteiger charge is 2.35. The number of nitrogens with one attached hydrogen (secondary N) is 2. The molecule has 0 bridgehead atoms. The molecule has 3 aromatic rings. The molecule has 2 aromatic heterocycles. The number of benzene rings is 1. The van der Waals surface area contributed by atoms with Crippen LogP contribution in [0.25, 0.3) is 22.4 Å². The average Bonchev–Trinajstić information content (AvgIpc) is 3.32. The van der Waals surface area contributed by atoms with E-state index in [1.54, 1.807) is 0 Å². The fourth-order valence-electron chi connectivity index (χ4n) is 4.01. The molecule has 5 rings (SSSR count). The smallest absolute Gasteiger partial charge is 0.146 e. The Morgan fingerprint density at radius 3 is 3.22 bits per heavy atom. The zero-order valence-electron chi connectivity index (χ0n) is 12.6. The van der Waals surface area contributed by atoms with E-state index in [0.717, 1.165) is 41.3 Å². The quantitative estimate of drug-likeness (QED) is 0.752. The Morgan fingerprint density at radius 2 is 2.22 bits per heavy atom. The molecule has 0 spiro atoms. The standard InChI is InChI=1S/C16H18N6O/c1-2-12(15-13(3-1)20-23-21-15)16-17-6-7-22(16)11-5-4-10-9-18-19-14(10)8-11/h1-3,6-7,10-11,14,18-19H,4-5,8-9H2. The second kappa shape index (κ2) is 5.14. The number of hydrogen-bond donors (Lipinski definition) is 2. The van der Waals surface area contributed by atoms with Crippen LogP contribution in [0.15, 0.2) is 35.2 Å². The summed E-state index contributed by atoms with van der Waals surface area (Å²) in [5.74, 6) is 1.70. The molecule has 2 aliphatic rings. The molecule has 3 unspecified atom stereocenters. The van der Waals surface area contributed by atoms with Crippen LogP contribution < -0.4 is 10.9 Å². The number of rotatable bonds is 2. The van der Waals surface area contributed by atoms with Crippen molar-refractivity contribution in [2.24, 2.45) is 5.92 Å². The van der Waals surface area contributed by atoms with E-state index in [4.69, 9.17) is 4.63 Å².